The number of benzene rings is 2. The molecular formula is C22H26. The summed E-state index contributed by atoms with van der Waals surface area (Å²) in [6.45, 7) is 11.9. The second-order valence-corrected chi connectivity index (χ2v) is 4.80. The summed E-state index contributed by atoms with van der Waals surface area (Å²) in [5.74, 6) is 0. The van der Waals surface area contributed by atoms with Gasteiger partial charge in [0.1, 0.15) is 0 Å². The van der Waals surface area contributed by atoms with Crippen LogP contribution < -0.4 is 0 Å². The lowest BCUT2D eigenvalue weighted by Crippen LogP contribution is -1.83. The van der Waals surface area contributed by atoms with Gasteiger partial charge in [0.2, 0.25) is 0 Å². The highest BCUT2D eigenvalue weighted by Crippen LogP contribution is 2.23. The summed E-state index contributed by atoms with van der Waals surface area (Å²) in [5.41, 5.74) is 6.17. The maximum absolute atomic E-state index is 3.77. The van der Waals surface area contributed by atoms with Crippen LogP contribution in [-0.4, -0.2) is 0 Å². The molecule has 0 aromatic heterocycles. The molecule has 0 heteroatoms. The van der Waals surface area contributed by atoms with Crippen LogP contribution >= 0.6 is 0 Å². The van der Waals surface area contributed by atoms with Crippen molar-refractivity contribution < 1.29 is 0 Å². The lowest BCUT2D eigenvalue weighted by atomic mass is 9.99. The van der Waals surface area contributed by atoms with E-state index in [2.05, 4.69) is 68.1 Å². The van der Waals surface area contributed by atoms with Crippen molar-refractivity contribution in [1.29, 1.82) is 0 Å². The molecule has 0 saturated carbocycles. The molecule has 0 aliphatic heterocycles. The van der Waals surface area contributed by atoms with Crippen molar-refractivity contribution in [1.82, 2.24) is 0 Å². The van der Waals surface area contributed by atoms with E-state index < -0.39 is 0 Å². The topological polar surface area (TPSA) is 0 Å². The molecule has 2 aromatic rings. The third kappa shape index (κ3) is 4.89. The van der Waals surface area contributed by atoms with Gasteiger partial charge in [-0.3, -0.25) is 0 Å². The van der Waals surface area contributed by atoms with Crippen molar-refractivity contribution in [3.05, 3.63) is 90.5 Å². The Balaban J connectivity index is 0.00000116. The SMILES string of the molecule is C=C/C=C(\C=C/C)c1ccc(-c2ccc(C)cc2)cc1.CC. The molecule has 0 radical (unpaired) electrons. The van der Waals surface area contributed by atoms with Crippen molar-refractivity contribution in [2.75, 3.05) is 0 Å². The first-order chi connectivity index (χ1) is 10.7. The minimum atomic E-state index is 1.18. The Hall–Kier alpha value is -2.34. The largest absolute Gasteiger partial charge is 0.0990 e. The standard InChI is InChI=1S/C20H20.C2H6/c1-4-6-17(7-5-2)19-12-14-20(15-13-19)18-10-8-16(3)9-11-18;1-2/h4-15H,1H2,2-3H3;1-2H3/b7-5-,17-6+;. The summed E-state index contributed by atoms with van der Waals surface area (Å²) >= 11 is 0. The van der Waals surface area contributed by atoms with Crippen LogP contribution in [-0.2, 0) is 0 Å². The van der Waals surface area contributed by atoms with Gasteiger partial charge in [0.25, 0.3) is 0 Å². The lowest BCUT2D eigenvalue weighted by Gasteiger charge is -2.06. The van der Waals surface area contributed by atoms with Crippen molar-refractivity contribution >= 4 is 5.57 Å². The molecule has 0 aliphatic carbocycles. The maximum atomic E-state index is 3.77. The first kappa shape index (κ1) is 17.7. The van der Waals surface area contributed by atoms with Crippen molar-refractivity contribution in [3.8, 4) is 11.1 Å². The highest BCUT2D eigenvalue weighted by atomic mass is 14.0. The van der Waals surface area contributed by atoms with Gasteiger partial charge in [-0.2, -0.15) is 0 Å². The molecule has 0 aliphatic rings. The van der Waals surface area contributed by atoms with Crippen molar-refractivity contribution in [2.45, 2.75) is 27.7 Å². The van der Waals surface area contributed by atoms with Gasteiger partial charge in [0, 0.05) is 0 Å². The van der Waals surface area contributed by atoms with E-state index in [9.17, 15) is 0 Å². The summed E-state index contributed by atoms with van der Waals surface area (Å²) in [6, 6.07) is 17.3. The molecule has 0 heterocycles. The second kappa shape index (κ2) is 9.57. The molecule has 2 aromatic carbocycles. The fourth-order valence-corrected chi connectivity index (χ4v) is 2.16. The van der Waals surface area contributed by atoms with Crippen LogP contribution in [0.2, 0.25) is 0 Å². The molecule has 114 valence electrons. The minimum absolute atomic E-state index is 1.18. The Morgan fingerprint density at radius 3 is 1.82 bits per heavy atom. The van der Waals surface area contributed by atoms with Crippen molar-refractivity contribution in [3.63, 3.8) is 0 Å². The van der Waals surface area contributed by atoms with Gasteiger partial charge in [-0.1, -0.05) is 98.8 Å². The first-order valence-corrected chi connectivity index (χ1v) is 7.87. The van der Waals surface area contributed by atoms with E-state index in [4.69, 9.17) is 0 Å². The Labute approximate surface area is 135 Å². The van der Waals surface area contributed by atoms with Gasteiger partial charge in [0.15, 0.2) is 0 Å². The first-order valence-electron chi connectivity index (χ1n) is 7.87. The molecular weight excluding hydrogens is 264 g/mol. The second-order valence-electron chi connectivity index (χ2n) is 4.80. The zero-order valence-corrected chi connectivity index (χ0v) is 14.1. The van der Waals surface area contributed by atoms with Gasteiger partial charge in [0.05, 0.1) is 0 Å². The Bertz CT molecular complexity index is 623. The van der Waals surface area contributed by atoms with Gasteiger partial charge in [-0.25, -0.2) is 0 Å². The predicted octanol–water partition coefficient (Wildman–Crippen LogP) is 6.83. The van der Waals surface area contributed by atoms with Crippen LogP contribution in [0.25, 0.3) is 16.7 Å². The van der Waals surface area contributed by atoms with Crippen LogP contribution in [0.15, 0.2) is 79.4 Å². The molecule has 0 fully saturated rings. The number of hydrogen-bond acceptors (Lipinski definition) is 0. The molecule has 0 unspecified atom stereocenters. The highest BCUT2D eigenvalue weighted by molar-refractivity contribution is 5.77. The van der Waals surface area contributed by atoms with Gasteiger partial charge in [-0.05, 0) is 36.1 Å². The minimum Gasteiger partial charge on any atom is -0.0990 e. The van der Waals surface area contributed by atoms with Gasteiger partial charge in [-0.15, -0.1) is 0 Å². The molecule has 0 nitrogen and oxygen atoms in total. The molecule has 0 saturated heterocycles. The summed E-state index contributed by atoms with van der Waals surface area (Å²) in [6.07, 6.45) is 8.00. The number of rotatable bonds is 4. The third-order valence-corrected chi connectivity index (χ3v) is 3.25. The Kier molecular flexibility index (Phi) is 7.70. The van der Waals surface area contributed by atoms with E-state index in [1.165, 1.54) is 27.8 Å². The number of allylic oxidation sites excluding steroid dienone is 5. The Morgan fingerprint density at radius 2 is 1.36 bits per heavy atom. The normalized spacial score (nSPS) is 11.0. The van der Waals surface area contributed by atoms with Gasteiger partial charge >= 0.3 is 0 Å². The molecule has 0 spiro atoms. The summed E-state index contributed by atoms with van der Waals surface area (Å²) in [5, 5.41) is 0. The van der Waals surface area contributed by atoms with E-state index in [1.807, 2.05) is 39.0 Å². The van der Waals surface area contributed by atoms with Gasteiger partial charge < -0.3 is 0 Å². The lowest BCUT2D eigenvalue weighted by molar-refractivity contribution is 1.47. The molecule has 0 atom stereocenters. The van der Waals surface area contributed by atoms with E-state index in [1.54, 1.807) is 0 Å². The smallest absolute Gasteiger partial charge is 0.0184 e. The number of aryl methyl sites for hydroxylation is 1. The average Bonchev–Trinajstić information content (AvgIpc) is 2.57. The predicted molar refractivity (Wildman–Crippen MR) is 101 cm³/mol. The Morgan fingerprint density at radius 1 is 0.864 bits per heavy atom. The molecule has 0 amide bonds. The fourth-order valence-electron chi connectivity index (χ4n) is 2.16. The molecule has 0 bridgehead atoms. The molecule has 0 N–H and O–H groups in total. The highest BCUT2D eigenvalue weighted by Gasteiger charge is 2.00. The van der Waals surface area contributed by atoms with E-state index in [-0.39, 0.29) is 0 Å². The quantitative estimate of drug-likeness (QED) is 0.541. The van der Waals surface area contributed by atoms with E-state index in [0.29, 0.717) is 0 Å². The van der Waals surface area contributed by atoms with E-state index >= 15 is 0 Å². The van der Waals surface area contributed by atoms with Crippen LogP contribution in [0.1, 0.15) is 31.9 Å². The number of hydrogen-bond donors (Lipinski definition) is 0. The van der Waals surface area contributed by atoms with Crippen LogP contribution in [0, 0.1) is 6.92 Å². The third-order valence-electron chi connectivity index (χ3n) is 3.25. The fraction of sp³-hybridized carbons (Fsp3) is 0.182. The van der Waals surface area contributed by atoms with Crippen LogP contribution in [0.5, 0.6) is 0 Å². The van der Waals surface area contributed by atoms with Crippen LogP contribution in [0.4, 0.5) is 0 Å². The summed E-state index contributed by atoms with van der Waals surface area (Å²) in [4.78, 5) is 0. The zero-order chi connectivity index (χ0) is 16.4. The zero-order valence-electron chi connectivity index (χ0n) is 14.1. The average molecular weight is 290 g/mol. The molecule has 2 rings (SSSR count). The monoisotopic (exact) mass is 290 g/mol. The summed E-state index contributed by atoms with van der Waals surface area (Å²) < 4.78 is 0. The maximum Gasteiger partial charge on any atom is -0.0184 e. The molecule has 22 heavy (non-hydrogen) atoms. The van der Waals surface area contributed by atoms with E-state index in [0.717, 1.165) is 0 Å². The summed E-state index contributed by atoms with van der Waals surface area (Å²) in [7, 11) is 0. The van der Waals surface area contributed by atoms with Crippen LogP contribution in [0.3, 0.4) is 0 Å². The van der Waals surface area contributed by atoms with Crippen molar-refractivity contribution in [2.24, 2.45) is 0 Å².